The fourth-order valence-corrected chi connectivity index (χ4v) is 13.5. The van der Waals surface area contributed by atoms with Gasteiger partial charge < -0.3 is 9.80 Å². The maximum absolute atomic E-state index is 8.49. The first-order chi connectivity index (χ1) is 28.8. The average Bonchev–Trinajstić information content (AvgIpc) is 3.29. The van der Waals surface area contributed by atoms with Crippen LogP contribution in [-0.2, 0) is 17.1 Å². The first-order valence-corrected chi connectivity index (χ1v) is 25.4. The van der Waals surface area contributed by atoms with Gasteiger partial charge in [0.25, 0.3) is 0 Å². The van der Waals surface area contributed by atoms with Gasteiger partial charge in [-0.25, -0.2) is 28.6 Å². The molecule has 0 spiro atoms. The molecule has 2 saturated carbocycles. The maximum Gasteiger partial charge on any atom is 1.00 e. The molecule has 0 N–H and O–H groups in total. The van der Waals surface area contributed by atoms with Crippen LogP contribution in [0.4, 0.5) is 11.6 Å². The van der Waals surface area contributed by atoms with Crippen LogP contribution in [-0.4, -0.2) is 34.6 Å². The van der Waals surface area contributed by atoms with E-state index in [1.165, 1.54) is 85.4 Å². The monoisotopic (exact) mass is 912 g/mol. The number of halogens is 1. The van der Waals surface area contributed by atoms with Crippen molar-refractivity contribution in [3.05, 3.63) is 170 Å². The summed E-state index contributed by atoms with van der Waals surface area (Å²) in [5, 5.41) is 5.91. The van der Waals surface area contributed by atoms with Crippen molar-refractivity contribution in [1.29, 1.82) is 0 Å². The topological polar surface area (TPSA) is 124 Å². The third-order valence-corrected chi connectivity index (χ3v) is 16.5. The first kappa shape index (κ1) is 47.3. The van der Waals surface area contributed by atoms with E-state index in [2.05, 4.69) is 155 Å². The molecule has 2 fully saturated rings. The van der Waals surface area contributed by atoms with Gasteiger partial charge in [0.05, 0.1) is 37.1 Å². The summed E-state index contributed by atoms with van der Waals surface area (Å²) in [5.41, 5.74) is 0. The van der Waals surface area contributed by atoms with Crippen molar-refractivity contribution in [2.75, 3.05) is 22.4 Å². The minimum atomic E-state index is -4.94. The smallest absolute Gasteiger partial charge is 0.321 e. The number of hydrogen-bond donors (Lipinski definition) is 0. The molecular weight excluding hydrogens is 857 g/mol. The van der Waals surface area contributed by atoms with Gasteiger partial charge in [0.15, 0.2) is 0 Å². The van der Waals surface area contributed by atoms with E-state index in [-0.39, 0.29) is 17.1 Å². The van der Waals surface area contributed by atoms with Crippen molar-refractivity contribution in [2.45, 2.75) is 76.3 Å². The Kier molecular flexibility index (Phi) is 19.9. The van der Waals surface area contributed by atoms with Crippen LogP contribution in [0.25, 0.3) is 0 Å². The molecule has 2 aliphatic rings. The molecule has 12 heteroatoms. The third kappa shape index (κ3) is 15.3. The normalized spacial score (nSPS) is 14.5. The molecule has 0 saturated heterocycles. The standard InChI is InChI=1S/2C24H27N2P.ClHO4.Cu/c2*1-4-12-21(13-5-1)26(24-18-10-11-19-25-24)20-27(22-14-6-2-7-15-22)23-16-8-3-9-17-23;2-1(3,4)5;/h2*2-3,6-11,14-19,21H,1,4-5,12-13,20H2;(H,2,3,4,5);/q;;;+1/p+1. The van der Waals surface area contributed by atoms with Crippen molar-refractivity contribution < 1.29 is 45.9 Å². The van der Waals surface area contributed by atoms with E-state index in [1.54, 1.807) is 0 Å². The molecule has 8 rings (SSSR count). The van der Waals surface area contributed by atoms with Crippen molar-refractivity contribution in [1.82, 2.24) is 9.97 Å². The van der Waals surface area contributed by atoms with E-state index >= 15 is 0 Å². The van der Waals surface area contributed by atoms with Crippen LogP contribution in [0.3, 0.4) is 0 Å². The predicted molar refractivity (Wildman–Crippen MR) is 238 cm³/mol. The number of rotatable bonds is 12. The van der Waals surface area contributed by atoms with Gasteiger partial charge in [-0.15, -0.1) is 10.2 Å². The summed E-state index contributed by atoms with van der Waals surface area (Å²) in [6, 6.07) is 58.2. The zero-order valence-electron chi connectivity index (χ0n) is 33.9. The summed E-state index contributed by atoms with van der Waals surface area (Å²) in [6.45, 7) is 0. The quantitative estimate of drug-likeness (QED) is 0.119. The second-order valence-electron chi connectivity index (χ2n) is 15.0. The summed E-state index contributed by atoms with van der Waals surface area (Å²) < 4.78 is 34.0. The van der Waals surface area contributed by atoms with Crippen molar-refractivity contribution >= 4 is 48.7 Å². The van der Waals surface area contributed by atoms with Gasteiger partial charge >= 0.3 is 17.1 Å². The first-order valence-electron chi connectivity index (χ1n) is 20.7. The Hall–Kier alpha value is -3.71. The summed E-state index contributed by atoms with van der Waals surface area (Å²) in [7, 11) is -6.76. The number of hydrogen-bond acceptors (Lipinski definition) is 8. The predicted octanol–water partition coefficient (Wildman–Crippen LogP) is 5.33. The van der Waals surface area contributed by atoms with Crippen LogP contribution in [0.1, 0.15) is 64.2 Å². The van der Waals surface area contributed by atoms with Gasteiger partial charge in [0, 0.05) is 24.5 Å². The van der Waals surface area contributed by atoms with E-state index in [1.807, 2.05) is 24.5 Å². The van der Waals surface area contributed by atoms with Gasteiger partial charge in [-0.05, 0) is 98.5 Å². The molecule has 318 valence electrons. The largest absolute Gasteiger partial charge is 1.00 e. The van der Waals surface area contributed by atoms with Crippen LogP contribution in [0.2, 0.25) is 0 Å². The minimum Gasteiger partial charge on any atom is -0.321 e. The fourth-order valence-electron chi connectivity index (χ4n) is 8.22. The molecular formula is C48H56ClCuN4O4P2+2. The van der Waals surface area contributed by atoms with Crippen molar-refractivity contribution in [2.24, 2.45) is 0 Å². The summed E-state index contributed by atoms with van der Waals surface area (Å²) >= 11 is 0. The molecule has 0 aliphatic heterocycles. The molecule has 0 amide bonds. The molecule has 4 aromatic carbocycles. The number of pyridine rings is 2. The maximum atomic E-state index is 8.49. The molecule has 0 bridgehead atoms. The third-order valence-electron chi connectivity index (χ3n) is 11.1. The second kappa shape index (κ2) is 25.3. The van der Waals surface area contributed by atoms with E-state index in [9.17, 15) is 0 Å². The molecule has 60 heavy (non-hydrogen) atoms. The molecule has 0 unspecified atom stereocenters. The van der Waals surface area contributed by atoms with E-state index < -0.39 is 26.1 Å². The molecule has 2 aliphatic carbocycles. The van der Waals surface area contributed by atoms with Gasteiger partial charge in [0.2, 0.25) is 0 Å². The summed E-state index contributed by atoms with van der Waals surface area (Å²) in [6.07, 6.45) is 19.3. The van der Waals surface area contributed by atoms with Crippen LogP contribution in [0.5, 0.6) is 0 Å². The number of aromatic nitrogens is 2. The van der Waals surface area contributed by atoms with Crippen molar-refractivity contribution in [3.63, 3.8) is 0 Å². The molecule has 6 aromatic rings. The molecule has 0 atom stereocenters. The number of anilines is 2. The van der Waals surface area contributed by atoms with E-state index in [0.717, 1.165) is 24.2 Å². The Morgan fingerprint density at radius 2 is 0.683 bits per heavy atom. The zero-order chi connectivity index (χ0) is 41.1. The Morgan fingerprint density at radius 1 is 0.417 bits per heavy atom. The zero-order valence-corrected chi connectivity index (χ0v) is 37.6. The Balaban J connectivity index is 0.000000202. The van der Waals surface area contributed by atoms with Crippen molar-refractivity contribution in [3.8, 4) is 0 Å². The van der Waals surface area contributed by atoms with Crippen LogP contribution >= 0.6 is 15.8 Å². The molecule has 2 aromatic heterocycles. The number of benzene rings is 4. The van der Waals surface area contributed by atoms with Crippen LogP contribution in [0.15, 0.2) is 170 Å². The Morgan fingerprint density at radius 3 is 0.933 bits per heavy atom. The van der Waals surface area contributed by atoms with Gasteiger partial charge in [-0.2, -0.15) is 0 Å². The Labute approximate surface area is 371 Å². The Bertz CT molecular complexity index is 1790. The van der Waals surface area contributed by atoms with Crippen LogP contribution < -0.4 is 49.7 Å². The molecule has 8 nitrogen and oxygen atoms in total. The summed E-state index contributed by atoms with van der Waals surface area (Å²) in [5.74, 6) is 2.28. The molecule has 0 radical (unpaired) electrons. The second-order valence-corrected chi connectivity index (χ2v) is 20.6. The fraction of sp³-hybridized carbons (Fsp3) is 0.292. The SMILES string of the molecule is [Cu+].[O-][Cl+3]([O-])([O-])[O-].c1ccc([PH+](CN(c2ccccn2)C2CCCCC2)c2ccccc2)cc1.c1ccc([PH+](CN(c2ccccn2)C2CCCCC2)c2ccccc2)cc1. The number of nitrogens with zero attached hydrogens (tertiary/aromatic N) is 4. The minimum absolute atomic E-state index is 0. The summed E-state index contributed by atoms with van der Waals surface area (Å²) in [4.78, 5) is 14.7. The van der Waals surface area contributed by atoms with Gasteiger partial charge in [-0.3, -0.25) is 0 Å². The van der Waals surface area contributed by atoms with E-state index in [4.69, 9.17) is 28.6 Å². The molecule has 2 heterocycles. The van der Waals surface area contributed by atoms with Gasteiger partial charge in [-0.1, -0.05) is 123 Å². The van der Waals surface area contributed by atoms with Crippen LogP contribution in [0, 0.1) is 10.2 Å². The van der Waals surface area contributed by atoms with Gasteiger partial charge in [0.1, 0.15) is 24.2 Å². The van der Waals surface area contributed by atoms with E-state index in [0.29, 0.717) is 12.1 Å². The average molecular weight is 914 g/mol.